The second-order valence-electron chi connectivity index (χ2n) is 8.95. The topological polar surface area (TPSA) is 57.2 Å². The monoisotopic (exact) mass is 451 g/mol. The molecule has 0 spiro atoms. The number of imidazole rings is 1. The van der Waals surface area contributed by atoms with Crippen molar-refractivity contribution in [1.82, 2.24) is 24.1 Å². The van der Waals surface area contributed by atoms with E-state index in [2.05, 4.69) is 59.5 Å². The summed E-state index contributed by atoms with van der Waals surface area (Å²) in [7, 11) is -1.12. The molecule has 6 nitrogen and oxygen atoms in total. The SMILES string of the molecule is Cc1ccc(-c2cn(COCC[Si](C)(C)C)c(/C=C/c3nc4cccc(C)n4n3)n2)s1. The van der Waals surface area contributed by atoms with Gasteiger partial charge in [0.2, 0.25) is 0 Å². The van der Waals surface area contributed by atoms with E-state index >= 15 is 0 Å². The number of pyridine rings is 1. The first-order chi connectivity index (χ1) is 14.8. The minimum atomic E-state index is -1.12. The Morgan fingerprint density at radius 2 is 1.90 bits per heavy atom. The minimum absolute atomic E-state index is 0.485. The third kappa shape index (κ3) is 5.39. The van der Waals surface area contributed by atoms with Gasteiger partial charge in [0.15, 0.2) is 11.5 Å². The standard InChI is InChI=1S/C23H29N5OSSi/c1-17-7-6-8-23-25-21(26-28(17)23)11-12-22-24-19(20-10-9-18(2)30-20)15-27(22)16-29-13-14-31(3,4)5/h6-12,15H,13-14,16H2,1-5H3/b12-11+. The molecule has 0 saturated heterocycles. The minimum Gasteiger partial charge on any atom is -0.361 e. The van der Waals surface area contributed by atoms with Crippen molar-refractivity contribution in [1.29, 1.82) is 0 Å². The summed E-state index contributed by atoms with van der Waals surface area (Å²) in [5.74, 6) is 1.50. The van der Waals surface area contributed by atoms with Gasteiger partial charge in [-0.3, -0.25) is 0 Å². The third-order valence-electron chi connectivity index (χ3n) is 4.97. The highest BCUT2D eigenvalue weighted by molar-refractivity contribution is 7.15. The predicted molar refractivity (Wildman–Crippen MR) is 131 cm³/mol. The molecule has 0 fully saturated rings. The van der Waals surface area contributed by atoms with Crippen molar-refractivity contribution < 1.29 is 4.74 Å². The Balaban J connectivity index is 1.58. The molecule has 0 radical (unpaired) electrons. The molecule has 0 aliphatic heterocycles. The van der Waals surface area contributed by atoms with Crippen LogP contribution in [0.2, 0.25) is 25.7 Å². The first kappa shape index (κ1) is 21.7. The van der Waals surface area contributed by atoms with Gasteiger partial charge in [0.25, 0.3) is 0 Å². The van der Waals surface area contributed by atoms with Crippen LogP contribution in [-0.2, 0) is 11.5 Å². The van der Waals surface area contributed by atoms with E-state index in [-0.39, 0.29) is 0 Å². The summed E-state index contributed by atoms with van der Waals surface area (Å²) in [5, 5.41) is 4.58. The van der Waals surface area contributed by atoms with E-state index < -0.39 is 8.07 Å². The van der Waals surface area contributed by atoms with E-state index in [1.165, 1.54) is 4.88 Å². The highest BCUT2D eigenvalue weighted by Crippen LogP contribution is 2.27. The van der Waals surface area contributed by atoms with E-state index in [1.807, 2.05) is 41.8 Å². The zero-order valence-corrected chi connectivity index (χ0v) is 20.6. The number of fused-ring (bicyclic) bond motifs is 1. The molecule has 0 amide bonds. The van der Waals surface area contributed by atoms with Crippen molar-refractivity contribution in [2.45, 2.75) is 46.3 Å². The van der Waals surface area contributed by atoms with E-state index in [4.69, 9.17) is 9.72 Å². The molecule has 4 aromatic heterocycles. The van der Waals surface area contributed by atoms with Crippen molar-refractivity contribution in [2.24, 2.45) is 0 Å². The summed E-state index contributed by atoms with van der Waals surface area (Å²) in [6.45, 7) is 12.5. The van der Waals surface area contributed by atoms with Gasteiger partial charge in [-0.15, -0.1) is 16.4 Å². The first-order valence-corrected chi connectivity index (χ1v) is 15.0. The second kappa shape index (κ2) is 8.90. The van der Waals surface area contributed by atoms with Gasteiger partial charge in [-0.1, -0.05) is 25.7 Å². The lowest BCUT2D eigenvalue weighted by atomic mass is 10.4. The lowest BCUT2D eigenvalue weighted by Crippen LogP contribution is -2.22. The molecule has 0 aliphatic carbocycles. The van der Waals surface area contributed by atoms with Gasteiger partial charge in [-0.2, -0.15) is 0 Å². The molecule has 4 rings (SSSR count). The maximum Gasteiger partial charge on any atom is 0.175 e. The van der Waals surface area contributed by atoms with Crippen LogP contribution in [0.15, 0.2) is 36.5 Å². The number of rotatable bonds is 8. The number of aromatic nitrogens is 5. The molecule has 31 heavy (non-hydrogen) atoms. The second-order valence-corrected chi connectivity index (χ2v) is 15.9. The summed E-state index contributed by atoms with van der Waals surface area (Å²) in [6, 6.07) is 11.4. The van der Waals surface area contributed by atoms with Crippen LogP contribution in [0.25, 0.3) is 28.4 Å². The quantitative estimate of drug-likeness (QED) is 0.253. The molecule has 0 bridgehead atoms. The Labute approximate surface area is 188 Å². The molecule has 0 aliphatic rings. The van der Waals surface area contributed by atoms with Crippen LogP contribution >= 0.6 is 11.3 Å². The van der Waals surface area contributed by atoms with Crippen LogP contribution in [-0.4, -0.2) is 38.8 Å². The fourth-order valence-corrected chi connectivity index (χ4v) is 4.75. The summed E-state index contributed by atoms with van der Waals surface area (Å²) >= 11 is 1.75. The van der Waals surface area contributed by atoms with E-state index in [9.17, 15) is 0 Å². The summed E-state index contributed by atoms with van der Waals surface area (Å²) in [5.41, 5.74) is 2.86. The molecule has 0 saturated carbocycles. The van der Waals surface area contributed by atoms with Crippen LogP contribution in [0, 0.1) is 13.8 Å². The predicted octanol–water partition coefficient (Wildman–Crippen LogP) is 5.75. The average Bonchev–Trinajstić information content (AvgIpc) is 3.41. The molecule has 0 unspecified atom stereocenters. The van der Waals surface area contributed by atoms with Crippen molar-refractivity contribution in [3.8, 4) is 10.6 Å². The highest BCUT2D eigenvalue weighted by Gasteiger charge is 2.13. The lowest BCUT2D eigenvalue weighted by Gasteiger charge is -2.15. The normalized spacial score (nSPS) is 12.4. The zero-order valence-electron chi connectivity index (χ0n) is 18.8. The maximum absolute atomic E-state index is 6.00. The van der Waals surface area contributed by atoms with Crippen molar-refractivity contribution in [3.63, 3.8) is 0 Å². The Morgan fingerprint density at radius 1 is 1.06 bits per heavy atom. The van der Waals surface area contributed by atoms with Crippen LogP contribution in [0.5, 0.6) is 0 Å². The molecule has 0 aromatic carbocycles. The van der Waals surface area contributed by atoms with Crippen LogP contribution in [0.1, 0.15) is 22.2 Å². The van der Waals surface area contributed by atoms with Gasteiger partial charge in [-0.05, 0) is 56.3 Å². The highest BCUT2D eigenvalue weighted by atomic mass is 32.1. The Kier molecular flexibility index (Phi) is 6.22. The Bertz CT molecular complexity index is 1210. The van der Waals surface area contributed by atoms with Gasteiger partial charge in [0.1, 0.15) is 12.6 Å². The number of ether oxygens (including phenoxy) is 1. The Morgan fingerprint density at radius 3 is 2.61 bits per heavy atom. The van der Waals surface area contributed by atoms with Crippen molar-refractivity contribution >= 4 is 37.2 Å². The van der Waals surface area contributed by atoms with E-state index in [1.54, 1.807) is 11.3 Å². The van der Waals surface area contributed by atoms with Crippen LogP contribution in [0.4, 0.5) is 0 Å². The fourth-order valence-electron chi connectivity index (χ4n) is 3.17. The number of aryl methyl sites for hydroxylation is 2. The summed E-state index contributed by atoms with van der Waals surface area (Å²) in [4.78, 5) is 11.9. The molecule has 162 valence electrons. The van der Waals surface area contributed by atoms with Gasteiger partial charge >= 0.3 is 0 Å². The van der Waals surface area contributed by atoms with Crippen LogP contribution in [0.3, 0.4) is 0 Å². The molecule has 0 N–H and O–H groups in total. The number of thiophene rings is 1. The van der Waals surface area contributed by atoms with E-state index in [0.717, 1.165) is 40.4 Å². The van der Waals surface area contributed by atoms with Gasteiger partial charge < -0.3 is 9.30 Å². The molecule has 0 atom stereocenters. The molecule has 8 heteroatoms. The Hall–Kier alpha value is -2.55. The van der Waals surface area contributed by atoms with Crippen LogP contribution < -0.4 is 0 Å². The molecule has 4 aromatic rings. The van der Waals surface area contributed by atoms with Crippen molar-refractivity contribution in [2.75, 3.05) is 6.61 Å². The molecular formula is C23H29N5OSSi. The largest absolute Gasteiger partial charge is 0.361 e. The molecular weight excluding hydrogens is 422 g/mol. The average molecular weight is 452 g/mol. The van der Waals surface area contributed by atoms with Gasteiger partial charge in [0, 0.05) is 31.4 Å². The maximum atomic E-state index is 6.00. The summed E-state index contributed by atoms with van der Waals surface area (Å²) < 4.78 is 9.91. The fraction of sp³-hybridized carbons (Fsp3) is 0.348. The lowest BCUT2D eigenvalue weighted by molar-refractivity contribution is 0.0867. The van der Waals surface area contributed by atoms with Gasteiger partial charge in [0.05, 0.1) is 10.6 Å². The number of hydrogen-bond acceptors (Lipinski definition) is 5. The first-order valence-electron chi connectivity index (χ1n) is 10.5. The van der Waals surface area contributed by atoms with Gasteiger partial charge in [-0.25, -0.2) is 14.5 Å². The molecule has 4 heterocycles. The van der Waals surface area contributed by atoms with E-state index in [0.29, 0.717) is 12.6 Å². The van der Waals surface area contributed by atoms with Crippen molar-refractivity contribution in [3.05, 3.63) is 58.7 Å². The smallest absolute Gasteiger partial charge is 0.175 e. The third-order valence-corrected chi connectivity index (χ3v) is 7.70. The number of hydrogen-bond donors (Lipinski definition) is 0. The number of nitrogens with zero attached hydrogens (tertiary/aromatic N) is 5. The zero-order chi connectivity index (χ0) is 22.0. The summed E-state index contributed by atoms with van der Waals surface area (Å²) in [6.07, 6.45) is 5.95.